The molecular formula is C5H8N4O2S2. The molecule has 0 aliphatic carbocycles. The number of aliphatic hydroxyl groups excluding tert-OH is 2. The Morgan fingerprint density at radius 2 is 2.23 bits per heavy atom. The Balaban J connectivity index is 3.04. The summed E-state index contributed by atoms with van der Waals surface area (Å²) < 4.78 is 0.571. The smallest absolute Gasteiger partial charge is 0.224 e. The van der Waals surface area contributed by atoms with Gasteiger partial charge < -0.3 is 15.9 Å². The summed E-state index contributed by atoms with van der Waals surface area (Å²) in [6.07, 6.45) is 0. The van der Waals surface area contributed by atoms with E-state index in [2.05, 4.69) is 15.0 Å². The maximum Gasteiger partial charge on any atom is 0.224 e. The van der Waals surface area contributed by atoms with Crippen molar-refractivity contribution in [2.24, 2.45) is 4.99 Å². The van der Waals surface area contributed by atoms with Gasteiger partial charge in [0.25, 0.3) is 0 Å². The predicted octanol–water partition coefficient (Wildman–Crippen LogP) is -0.987. The van der Waals surface area contributed by atoms with E-state index in [4.69, 9.17) is 15.9 Å². The molecule has 1 rings (SSSR count). The molecule has 0 saturated heterocycles. The Bertz CT molecular complexity index is 340. The molecule has 0 aliphatic heterocycles. The molecule has 13 heavy (non-hydrogen) atoms. The molecule has 4 N–H and O–H groups in total. The number of nitrogen functional groups attached to an aromatic ring is 1. The minimum atomic E-state index is -0.337. The summed E-state index contributed by atoms with van der Waals surface area (Å²) in [6.45, 7) is -0.337. The van der Waals surface area contributed by atoms with E-state index in [0.717, 1.165) is 23.1 Å². The van der Waals surface area contributed by atoms with Crippen LogP contribution in [0.15, 0.2) is 9.33 Å². The fourth-order valence-corrected chi connectivity index (χ4v) is 2.03. The molecule has 0 aromatic carbocycles. The summed E-state index contributed by atoms with van der Waals surface area (Å²) in [5.41, 5.74) is 5.37. The number of hydrogen-bond acceptors (Lipinski definition) is 8. The molecule has 1 aromatic rings. The van der Waals surface area contributed by atoms with Crippen molar-refractivity contribution in [3.63, 3.8) is 0 Å². The fraction of sp³-hybridized carbons (Fsp3) is 0.400. The molecule has 0 fully saturated rings. The van der Waals surface area contributed by atoms with Crippen LogP contribution in [0.3, 0.4) is 0 Å². The highest BCUT2D eigenvalue weighted by Crippen LogP contribution is 2.15. The number of nitrogens with two attached hydrogens (primary N) is 1. The van der Waals surface area contributed by atoms with E-state index in [1.807, 2.05) is 0 Å². The van der Waals surface area contributed by atoms with E-state index < -0.39 is 0 Å². The van der Waals surface area contributed by atoms with Crippen molar-refractivity contribution in [3.05, 3.63) is 4.80 Å². The minimum absolute atomic E-state index is 0.0779. The largest absolute Gasteiger partial charge is 0.385 e. The topological polar surface area (TPSA) is 105 Å². The second-order valence-electron chi connectivity index (χ2n) is 1.81. The van der Waals surface area contributed by atoms with Gasteiger partial charge in [0.05, 0.1) is 5.94 Å². The molecule has 0 bridgehead atoms. The average molecular weight is 220 g/mol. The van der Waals surface area contributed by atoms with E-state index >= 15 is 0 Å². The Kier molecular flexibility index (Phi) is 4.09. The van der Waals surface area contributed by atoms with Crippen LogP contribution in [0.5, 0.6) is 0 Å². The van der Waals surface area contributed by atoms with Gasteiger partial charge in [0.15, 0.2) is 4.34 Å². The average Bonchev–Trinajstić information content (AvgIpc) is 2.04. The SMILES string of the molecule is Nc1nc(SCO)s/c(=N/CO)n1. The highest BCUT2D eigenvalue weighted by molar-refractivity contribution is 8.00. The zero-order valence-corrected chi connectivity index (χ0v) is 8.18. The van der Waals surface area contributed by atoms with Crippen molar-refractivity contribution < 1.29 is 10.2 Å². The van der Waals surface area contributed by atoms with Crippen LogP contribution in [0.4, 0.5) is 5.95 Å². The molecule has 72 valence electrons. The first kappa shape index (κ1) is 10.4. The normalized spacial score (nSPS) is 12.0. The lowest BCUT2D eigenvalue weighted by Gasteiger charge is -1.96. The van der Waals surface area contributed by atoms with Gasteiger partial charge in [0.2, 0.25) is 10.7 Å². The van der Waals surface area contributed by atoms with Gasteiger partial charge in [-0.1, -0.05) is 23.1 Å². The van der Waals surface area contributed by atoms with Crippen molar-refractivity contribution in [2.45, 2.75) is 4.34 Å². The van der Waals surface area contributed by atoms with Crippen LogP contribution in [0.2, 0.25) is 0 Å². The lowest BCUT2D eigenvalue weighted by Crippen LogP contribution is -2.09. The molecule has 8 heteroatoms. The van der Waals surface area contributed by atoms with Crippen LogP contribution >= 0.6 is 23.1 Å². The molecule has 0 unspecified atom stereocenters. The molecule has 1 heterocycles. The number of hydrogen-bond donors (Lipinski definition) is 3. The summed E-state index contributed by atoms with van der Waals surface area (Å²) in [5.74, 6) is 0.00723. The van der Waals surface area contributed by atoms with Gasteiger partial charge in [-0.25, -0.2) is 4.99 Å². The maximum absolute atomic E-state index is 8.62. The predicted molar refractivity (Wildman–Crippen MR) is 49.9 cm³/mol. The number of aromatic nitrogens is 2. The summed E-state index contributed by atoms with van der Waals surface area (Å²) >= 11 is 2.29. The first-order valence-electron chi connectivity index (χ1n) is 3.26. The summed E-state index contributed by atoms with van der Waals surface area (Å²) in [7, 11) is 0. The van der Waals surface area contributed by atoms with E-state index in [9.17, 15) is 0 Å². The summed E-state index contributed by atoms with van der Waals surface area (Å²) in [6, 6.07) is 0. The molecule has 1 aromatic heterocycles. The quantitative estimate of drug-likeness (QED) is 0.446. The van der Waals surface area contributed by atoms with E-state index in [-0.39, 0.29) is 18.6 Å². The second-order valence-corrected chi connectivity index (χ2v) is 3.95. The van der Waals surface area contributed by atoms with Crippen molar-refractivity contribution in [1.29, 1.82) is 0 Å². The van der Waals surface area contributed by atoms with E-state index in [0.29, 0.717) is 9.14 Å². The highest BCUT2D eigenvalue weighted by atomic mass is 32.2. The van der Waals surface area contributed by atoms with E-state index in [1.165, 1.54) is 0 Å². The Morgan fingerprint density at radius 1 is 1.46 bits per heavy atom. The highest BCUT2D eigenvalue weighted by Gasteiger charge is 1.98. The monoisotopic (exact) mass is 220 g/mol. The third kappa shape index (κ3) is 3.27. The lowest BCUT2D eigenvalue weighted by molar-refractivity contribution is 0.305. The fourth-order valence-electron chi connectivity index (χ4n) is 0.585. The number of anilines is 1. The van der Waals surface area contributed by atoms with Crippen molar-refractivity contribution >= 4 is 29.0 Å². The van der Waals surface area contributed by atoms with Crippen LogP contribution in [0, 0.1) is 0 Å². The Morgan fingerprint density at radius 3 is 2.85 bits per heavy atom. The van der Waals surface area contributed by atoms with Gasteiger partial charge in [-0.05, 0) is 0 Å². The van der Waals surface area contributed by atoms with Crippen LogP contribution < -0.4 is 10.5 Å². The molecular weight excluding hydrogens is 212 g/mol. The third-order valence-electron chi connectivity index (χ3n) is 0.989. The number of aliphatic hydroxyl groups is 2. The van der Waals surface area contributed by atoms with Crippen LogP contribution in [0.1, 0.15) is 0 Å². The van der Waals surface area contributed by atoms with Gasteiger partial charge >= 0.3 is 0 Å². The van der Waals surface area contributed by atoms with Crippen LogP contribution in [0.25, 0.3) is 0 Å². The first-order chi connectivity index (χ1) is 6.26. The molecule has 6 nitrogen and oxygen atoms in total. The number of rotatable bonds is 3. The molecule has 0 amide bonds. The van der Waals surface area contributed by atoms with Crippen LogP contribution in [-0.4, -0.2) is 32.9 Å². The van der Waals surface area contributed by atoms with Gasteiger partial charge in [-0.2, -0.15) is 9.97 Å². The zero-order valence-electron chi connectivity index (χ0n) is 6.54. The van der Waals surface area contributed by atoms with Crippen molar-refractivity contribution in [1.82, 2.24) is 9.97 Å². The Labute approximate surface area is 82.2 Å². The van der Waals surface area contributed by atoms with Crippen molar-refractivity contribution in [2.75, 3.05) is 18.4 Å². The molecule has 0 atom stereocenters. The standard InChI is InChI=1S/C5H8N4O2S2/c6-3-8-4(7-1-10)13-5(9-3)12-2-11/h10-11H,1-2H2,(H2,6,7,8). The summed E-state index contributed by atoms with van der Waals surface area (Å²) in [5, 5.41) is 17.1. The minimum Gasteiger partial charge on any atom is -0.385 e. The molecule has 0 aliphatic rings. The van der Waals surface area contributed by atoms with E-state index in [1.54, 1.807) is 0 Å². The molecule has 0 spiro atoms. The molecule has 0 saturated carbocycles. The number of nitrogens with zero attached hydrogens (tertiary/aromatic N) is 3. The zero-order chi connectivity index (χ0) is 9.68. The molecule has 0 radical (unpaired) electrons. The van der Waals surface area contributed by atoms with Crippen LogP contribution in [-0.2, 0) is 0 Å². The van der Waals surface area contributed by atoms with Gasteiger partial charge in [-0.15, -0.1) is 0 Å². The third-order valence-corrected chi connectivity index (χ3v) is 2.73. The van der Waals surface area contributed by atoms with Gasteiger partial charge in [-0.3, -0.25) is 0 Å². The van der Waals surface area contributed by atoms with Gasteiger partial charge in [0.1, 0.15) is 6.73 Å². The lowest BCUT2D eigenvalue weighted by atomic mass is 11.0. The van der Waals surface area contributed by atoms with Gasteiger partial charge in [0, 0.05) is 0 Å². The summed E-state index contributed by atoms with van der Waals surface area (Å²) in [4.78, 5) is 11.6. The maximum atomic E-state index is 8.62. The Hall–Kier alpha value is -0.700. The van der Waals surface area contributed by atoms with Crippen molar-refractivity contribution in [3.8, 4) is 0 Å². The number of thioether (sulfide) groups is 1. The second kappa shape index (κ2) is 5.12. The first-order valence-corrected chi connectivity index (χ1v) is 5.06.